The third-order valence-corrected chi connectivity index (χ3v) is 2.08. The van der Waals surface area contributed by atoms with Crippen LogP contribution in [0, 0.1) is 18.3 Å². The largest absolute Gasteiger partial charge is 0.281 e. The van der Waals surface area contributed by atoms with Gasteiger partial charge in [-0.3, -0.25) is 4.98 Å². The summed E-state index contributed by atoms with van der Waals surface area (Å²) in [5.41, 5.74) is 0.582. The highest BCUT2D eigenvalue weighted by Crippen LogP contribution is 2.26. The first-order valence-corrected chi connectivity index (χ1v) is 4.25. The number of alkyl halides is 2. The molecule has 0 spiro atoms. The van der Waals surface area contributed by atoms with Crippen LogP contribution in [0.15, 0.2) is 6.07 Å². The first kappa shape index (κ1) is 10.9. The molecule has 0 aliphatic heterocycles. The van der Waals surface area contributed by atoms with Gasteiger partial charge < -0.3 is 0 Å². The van der Waals surface area contributed by atoms with Crippen molar-refractivity contribution in [3.05, 3.63) is 28.0 Å². The third kappa shape index (κ3) is 2.18. The van der Waals surface area contributed by atoms with Crippen molar-refractivity contribution < 1.29 is 8.78 Å². The van der Waals surface area contributed by atoms with Gasteiger partial charge in [0.25, 0.3) is 6.43 Å². The topological polar surface area (TPSA) is 36.7 Å². The molecule has 0 aliphatic carbocycles. The molecule has 0 aromatic carbocycles. The number of nitrogens with zero attached hydrogens (tertiary/aromatic N) is 2. The van der Waals surface area contributed by atoms with Crippen molar-refractivity contribution in [1.82, 2.24) is 4.98 Å². The molecular formula is C9H7ClF2N2. The van der Waals surface area contributed by atoms with Gasteiger partial charge in [-0.2, -0.15) is 5.26 Å². The lowest BCUT2D eigenvalue weighted by Crippen LogP contribution is -1.98. The molecule has 0 fully saturated rings. The summed E-state index contributed by atoms with van der Waals surface area (Å²) in [5.74, 6) is 0. The number of nitriles is 1. The van der Waals surface area contributed by atoms with Gasteiger partial charge in [-0.25, -0.2) is 8.78 Å². The number of halogens is 3. The van der Waals surface area contributed by atoms with E-state index in [1.165, 1.54) is 6.07 Å². The van der Waals surface area contributed by atoms with Crippen LogP contribution in [0.1, 0.15) is 23.4 Å². The fourth-order valence-corrected chi connectivity index (χ4v) is 1.31. The van der Waals surface area contributed by atoms with Gasteiger partial charge in [0.1, 0.15) is 5.69 Å². The van der Waals surface area contributed by atoms with Crippen molar-refractivity contribution >= 4 is 11.6 Å². The maximum Gasteiger partial charge on any atom is 0.281 e. The molecule has 1 rings (SSSR count). The van der Waals surface area contributed by atoms with Gasteiger partial charge in [0, 0.05) is 5.69 Å². The van der Waals surface area contributed by atoms with Crippen molar-refractivity contribution in [3.8, 4) is 6.07 Å². The first-order chi connectivity index (χ1) is 6.56. The predicted molar refractivity (Wildman–Crippen MR) is 48.3 cm³/mol. The maximum atomic E-state index is 12.3. The number of aryl methyl sites for hydroxylation is 1. The van der Waals surface area contributed by atoms with E-state index in [2.05, 4.69) is 4.98 Å². The Morgan fingerprint density at radius 2 is 2.29 bits per heavy atom. The number of aromatic nitrogens is 1. The third-order valence-electron chi connectivity index (χ3n) is 1.77. The van der Waals surface area contributed by atoms with Crippen LogP contribution in [-0.4, -0.2) is 4.98 Å². The standard InChI is InChI=1S/C9H7ClF2N2/c1-5-6(2-3-13)4-7(10)8(14-5)9(11)12/h4,9H,2H2,1H3. The molecule has 1 heterocycles. The molecule has 2 nitrogen and oxygen atoms in total. The number of hydrogen-bond donors (Lipinski definition) is 0. The van der Waals surface area contributed by atoms with Crippen LogP contribution in [0.3, 0.4) is 0 Å². The van der Waals surface area contributed by atoms with Crippen LogP contribution in [0.5, 0.6) is 0 Å². The zero-order chi connectivity index (χ0) is 10.7. The molecular weight excluding hydrogens is 210 g/mol. The Hall–Kier alpha value is -1.21. The van der Waals surface area contributed by atoms with Gasteiger partial charge in [-0.15, -0.1) is 0 Å². The molecule has 0 N–H and O–H groups in total. The van der Waals surface area contributed by atoms with E-state index in [0.29, 0.717) is 11.3 Å². The van der Waals surface area contributed by atoms with Gasteiger partial charge in [0.2, 0.25) is 0 Å². The lowest BCUT2D eigenvalue weighted by molar-refractivity contribution is 0.146. The Kier molecular flexibility index (Phi) is 3.37. The molecule has 74 valence electrons. The van der Waals surface area contributed by atoms with Crippen molar-refractivity contribution in [2.75, 3.05) is 0 Å². The van der Waals surface area contributed by atoms with Gasteiger partial charge in [-0.05, 0) is 18.6 Å². The molecule has 0 aliphatic rings. The maximum absolute atomic E-state index is 12.3. The van der Waals surface area contributed by atoms with Crippen LogP contribution in [0.4, 0.5) is 8.78 Å². The van der Waals surface area contributed by atoms with E-state index in [9.17, 15) is 8.78 Å². The zero-order valence-corrected chi connectivity index (χ0v) is 8.15. The van der Waals surface area contributed by atoms with E-state index in [1.807, 2.05) is 6.07 Å². The Morgan fingerprint density at radius 1 is 1.64 bits per heavy atom. The molecule has 5 heteroatoms. The fraction of sp³-hybridized carbons (Fsp3) is 0.333. The van der Waals surface area contributed by atoms with Gasteiger partial charge >= 0.3 is 0 Å². The van der Waals surface area contributed by atoms with Crippen LogP contribution < -0.4 is 0 Å². The van der Waals surface area contributed by atoms with Crippen LogP contribution >= 0.6 is 11.6 Å². The average Bonchev–Trinajstić information content (AvgIpc) is 2.10. The highest BCUT2D eigenvalue weighted by atomic mass is 35.5. The second kappa shape index (κ2) is 4.34. The molecule has 0 saturated heterocycles. The molecule has 14 heavy (non-hydrogen) atoms. The Balaban J connectivity index is 3.18. The summed E-state index contributed by atoms with van der Waals surface area (Å²) in [6.07, 6.45) is -2.56. The Morgan fingerprint density at radius 3 is 2.79 bits per heavy atom. The van der Waals surface area contributed by atoms with E-state index in [0.717, 1.165) is 0 Å². The minimum Gasteiger partial charge on any atom is -0.250 e. The minimum absolute atomic E-state index is 0.0872. The zero-order valence-electron chi connectivity index (χ0n) is 7.39. The van der Waals surface area contributed by atoms with Crippen molar-refractivity contribution in [1.29, 1.82) is 5.26 Å². The lowest BCUT2D eigenvalue weighted by atomic mass is 10.1. The number of pyridine rings is 1. The molecule has 1 aromatic heterocycles. The van der Waals surface area contributed by atoms with Crippen LogP contribution in [-0.2, 0) is 6.42 Å². The number of rotatable bonds is 2. The quantitative estimate of drug-likeness (QED) is 0.762. The molecule has 0 saturated carbocycles. The van der Waals surface area contributed by atoms with Gasteiger partial charge in [0.05, 0.1) is 17.5 Å². The minimum atomic E-state index is -2.68. The molecule has 0 bridgehead atoms. The SMILES string of the molecule is Cc1nc(C(F)F)c(Cl)cc1CC#N. The monoisotopic (exact) mass is 216 g/mol. The van der Waals surface area contributed by atoms with Crippen molar-refractivity contribution in [3.63, 3.8) is 0 Å². The van der Waals surface area contributed by atoms with E-state index in [4.69, 9.17) is 16.9 Å². The van der Waals surface area contributed by atoms with Crippen LogP contribution in [0.25, 0.3) is 0 Å². The Labute approximate surface area is 85.1 Å². The molecule has 1 aromatic rings. The normalized spacial score (nSPS) is 10.3. The van der Waals surface area contributed by atoms with E-state index in [1.54, 1.807) is 6.92 Å². The predicted octanol–water partition coefficient (Wildman–Crippen LogP) is 3.05. The molecule has 0 atom stereocenters. The van der Waals surface area contributed by atoms with Gasteiger partial charge in [0.15, 0.2) is 0 Å². The lowest BCUT2D eigenvalue weighted by Gasteiger charge is -2.06. The summed E-state index contributed by atoms with van der Waals surface area (Å²) in [5, 5.41) is 8.36. The van der Waals surface area contributed by atoms with Crippen molar-refractivity contribution in [2.24, 2.45) is 0 Å². The Bertz CT molecular complexity index is 385. The molecule has 0 radical (unpaired) electrons. The highest BCUT2D eigenvalue weighted by Gasteiger charge is 2.15. The van der Waals surface area contributed by atoms with E-state index < -0.39 is 12.1 Å². The molecule has 0 amide bonds. The average molecular weight is 217 g/mol. The summed E-state index contributed by atoms with van der Waals surface area (Å²) in [7, 11) is 0. The number of hydrogen-bond acceptors (Lipinski definition) is 2. The molecule has 0 unspecified atom stereocenters. The summed E-state index contributed by atoms with van der Waals surface area (Å²) < 4.78 is 24.6. The smallest absolute Gasteiger partial charge is 0.250 e. The van der Waals surface area contributed by atoms with E-state index >= 15 is 0 Å². The van der Waals surface area contributed by atoms with E-state index in [-0.39, 0.29) is 11.4 Å². The van der Waals surface area contributed by atoms with Crippen molar-refractivity contribution in [2.45, 2.75) is 19.8 Å². The summed E-state index contributed by atoms with van der Waals surface area (Å²) in [6.45, 7) is 1.58. The van der Waals surface area contributed by atoms with Gasteiger partial charge in [-0.1, -0.05) is 11.6 Å². The summed E-state index contributed by atoms with van der Waals surface area (Å²) in [4.78, 5) is 3.66. The second-order valence-corrected chi connectivity index (χ2v) is 3.14. The fourth-order valence-electron chi connectivity index (χ4n) is 1.05. The summed E-state index contributed by atoms with van der Waals surface area (Å²) in [6, 6.07) is 3.28. The first-order valence-electron chi connectivity index (χ1n) is 3.87. The second-order valence-electron chi connectivity index (χ2n) is 2.74. The summed E-state index contributed by atoms with van der Waals surface area (Å²) >= 11 is 5.58. The van der Waals surface area contributed by atoms with Crippen LogP contribution in [0.2, 0.25) is 5.02 Å². The highest BCUT2D eigenvalue weighted by molar-refractivity contribution is 6.31.